The number of thiophene rings is 1. The summed E-state index contributed by atoms with van der Waals surface area (Å²) in [5.74, 6) is -0.299. The lowest BCUT2D eigenvalue weighted by atomic mass is 10.0. The van der Waals surface area contributed by atoms with E-state index < -0.39 is 15.8 Å². The van der Waals surface area contributed by atoms with Crippen molar-refractivity contribution < 1.29 is 17.9 Å². The maximum Gasteiger partial charge on any atom is 0.350 e. The highest BCUT2D eigenvalue weighted by molar-refractivity contribution is 7.93. The summed E-state index contributed by atoms with van der Waals surface area (Å²) >= 11 is 2.38. The molecule has 0 saturated carbocycles. The summed E-state index contributed by atoms with van der Waals surface area (Å²) in [7, 11) is -3.57. The van der Waals surface area contributed by atoms with Crippen LogP contribution in [0.3, 0.4) is 0 Å². The van der Waals surface area contributed by atoms with E-state index in [1.807, 2.05) is 13.0 Å². The second-order valence-electron chi connectivity index (χ2n) is 6.93. The number of fused-ring (bicyclic) bond motifs is 1. The van der Waals surface area contributed by atoms with E-state index in [0.717, 1.165) is 27.0 Å². The maximum atomic E-state index is 13.1. The summed E-state index contributed by atoms with van der Waals surface area (Å²) in [5.41, 5.74) is 2.47. The molecule has 2 heterocycles. The third kappa shape index (κ3) is 3.99. The molecule has 0 radical (unpaired) electrons. The molecule has 150 valence electrons. The van der Waals surface area contributed by atoms with Crippen molar-refractivity contribution in [3.63, 3.8) is 0 Å². The first kappa shape index (κ1) is 21.0. The molecule has 1 aromatic carbocycles. The van der Waals surface area contributed by atoms with Gasteiger partial charge in [-0.25, -0.2) is 18.2 Å². The predicted octanol–water partition coefficient (Wildman–Crippen LogP) is 5.25. The minimum Gasteiger partial charge on any atom is -0.462 e. The molecular formula is C20H23NO4S3. The predicted molar refractivity (Wildman–Crippen MR) is 114 cm³/mol. The number of sulfone groups is 1. The number of carbonyl (C=O) groups excluding carboxylic acids is 1. The molecule has 0 aliphatic heterocycles. The molecule has 0 unspecified atom stereocenters. The van der Waals surface area contributed by atoms with Crippen LogP contribution in [0, 0.1) is 13.8 Å². The van der Waals surface area contributed by atoms with Gasteiger partial charge in [-0.2, -0.15) is 0 Å². The molecule has 28 heavy (non-hydrogen) atoms. The van der Waals surface area contributed by atoms with Gasteiger partial charge in [-0.1, -0.05) is 19.9 Å². The molecule has 0 atom stereocenters. The van der Waals surface area contributed by atoms with Crippen LogP contribution in [0.1, 0.15) is 58.2 Å². The van der Waals surface area contributed by atoms with Gasteiger partial charge in [0, 0.05) is 4.70 Å². The number of nitrogens with zero attached hydrogens (tertiary/aromatic N) is 1. The Hall–Kier alpha value is -1.77. The van der Waals surface area contributed by atoms with Crippen LogP contribution in [-0.2, 0) is 20.3 Å². The fourth-order valence-corrected chi connectivity index (χ4v) is 7.43. The van der Waals surface area contributed by atoms with Gasteiger partial charge in [0.05, 0.1) is 12.3 Å². The van der Waals surface area contributed by atoms with E-state index in [1.165, 1.54) is 16.9 Å². The number of ether oxygens (including phenoxy) is 1. The summed E-state index contributed by atoms with van der Waals surface area (Å²) in [6.07, 6.45) is 0. The molecule has 3 aromatic rings. The summed E-state index contributed by atoms with van der Waals surface area (Å²) in [6, 6.07) is 6.13. The first-order chi connectivity index (χ1) is 13.1. The first-order valence-electron chi connectivity index (χ1n) is 9.03. The minimum atomic E-state index is -3.57. The van der Waals surface area contributed by atoms with Gasteiger partial charge in [-0.3, -0.25) is 0 Å². The number of hydrogen-bond donors (Lipinski definition) is 0. The van der Waals surface area contributed by atoms with Crippen LogP contribution in [0.15, 0.2) is 22.4 Å². The summed E-state index contributed by atoms with van der Waals surface area (Å²) < 4.78 is 32.5. The molecule has 0 aliphatic carbocycles. The quantitative estimate of drug-likeness (QED) is 0.493. The molecule has 0 saturated heterocycles. The van der Waals surface area contributed by atoms with E-state index in [4.69, 9.17) is 4.74 Å². The van der Waals surface area contributed by atoms with Gasteiger partial charge in [0.1, 0.15) is 19.8 Å². The van der Waals surface area contributed by atoms with E-state index in [2.05, 4.69) is 31.0 Å². The summed E-state index contributed by atoms with van der Waals surface area (Å²) in [6.45, 7) is 9.78. The zero-order chi connectivity index (χ0) is 20.6. The highest BCUT2D eigenvalue weighted by atomic mass is 32.2. The second-order valence-corrected chi connectivity index (χ2v) is 11.2. The lowest BCUT2D eigenvalue weighted by molar-refractivity contribution is 0.0531. The number of hydrogen-bond acceptors (Lipinski definition) is 7. The fourth-order valence-electron chi connectivity index (χ4n) is 3.00. The van der Waals surface area contributed by atoms with Crippen molar-refractivity contribution in [2.75, 3.05) is 6.61 Å². The van der Waals surface area contributed by atoms with Crippen molar-refractivity contribution in [1.82, 2.24) is 4.98 Å². The Kier molecular flexibility index (Phi) is 5.93. The zero-order valence-corrected chi connectivity index (χ0v) is 19.0. The van der Waals surface area contributed by atoms with Crippen LogP contribution in [0.2, 0.25) is 0 Å². The maximum absolute atomic E-state index is 13.1. The Morgan fingerprint density at radius 3 is 2.57 bits per heavy atom. The lowest BCUT2D eigenvalue weighted by Crippen LogP contribution is -2.04. The molecule has 0 aliphatic rings. The third-order valence-corrected chi connectivity index (χ3v) is 9.40. The molecular weight excluding hydrogens is 414 g/mol. The van der Waals surface area contributed by atoms with E-state index >= 15 is 0 Å². The highest BCUT2D eigenvalue weighted by Gasteiger charge is 2.26. The van der Waals surface area contributed by atoms with E-state index in [9.17, 15) is 13.2 Å². The molecule has 3 rings (SSSR count). The topological polar surface area (TPSA) is 73.3 Å². The Balaban J connectivity index is 1.96. The monoisotopic (exact) mass is 437 g/mol. The van der Waals surface area contributed by atoms with Gasteiger partial charge >= 0.3 is 5.97 Å². The van der Waals surface area contributed by atoms with Crippen LogP contribution in [0.5, 0.6) is 0 Å². The van der Waals surface area contributed by atoms with Crippen LogP contribution < -0.4 is 0 Å². The SMILES string of the molecule is CCOC(=O)c1sc(CS(=O)(=O)c2sc3ccc(C(C)C)cc3c2C)nc1C. The van der Waals surface area contributed by atoms with Crippen molar-refractivity contribution in [2.24, 2.45) is 0 Å². The number of carbonyl (C=O) groups is 1. The number of benzene rings is 1. The largest absolute Gasteiger partial charge is 0.462 e. The molecule has 0 spiro atoms. The van der Waals surface area contributed by atoms with E-state index in [-0.39, 0.29) is 12.4 Å². The van der Waals surface area contributed by atoms with Gasteiger partial charge in [0.2, 0.25) is 0 Å². The highest BCUT2D eigenvalue weighted by Crippen LogP contribution is 2.37. The molecule has 0 amide bonds. The second kappa shape index (κ2) is 7.93. The average Bonchev–Trinajstić information content (AvgIpc) is 3.15. The summed E-state index contributed by atoms with van der Waals surface area (Å²) in [5, 5.41) is 1.39. The molecule has 2 aromatic heterocycles. The molecule has 5 nitrogen and oxygen atoms in total. The van der Waals surface area contributed by atoms with Gasteiger partial charge in [-0.05, 0) is 55.3 Å². The number of aryl methyl sites for hydroxylation is 2. The number of aromatic nitrogens is 1. The zero-order valence-electron chi connectivity index (χ0n) is 16.5. The van der Waals surface area contributed by atoms with Crippen molar-refractivity contribution >= 4 is 48.6 Å². The first-order valence-corrected chi connectivity index (χ1v) is 12.3. The van der Waals surface area contributed by atoms with Gasteiger partial charge < -0.3 is 4.74 Å². The minimum absolute atomic E-state index is 0.220. The average molecular weight is 438 g/mol. The summed E-state index contributed by atoms with van der Waals surface area (Å²) in [4.78, 5) is 16.6. The van der Waals surface area contributed by atoms with Crippen LogP contribution in [0.25, 0.3) is 10.1 Å². The Morgan fingerprint density at radius 1 is 1.21 bits per heavy atom. The standard InChI is InChI=1S/C20H23NO4S3/c1-6-25-19(22)18-13(5)21-17(27-18)10-28(23,24)20-12(4)15-9-14(11(2)3)7-8-16(15)26-20/h7-9,11H,6,10H2,1-5H3. The Morgan fingerprint density at radius 2 is 1.93 bits per heavy atom. The Bertz CT molecular complexity index is 1140. The fraction of sp³-hybridized carbons (Fsp3) is 0.400. The smallest absolute Gasteiger partial charge is 0.350 e. The molecule has 0 N–H and O–H groups in total. The van der Waals surface area contributed by atoms with Crippen LogP contribution >= 0.6 is 22.7 Å². The van der Waals surface area contributed by atoms with E-state index in [0.29, 0.717) is 25.7 Å². The van der Waals surface area contributed by atoms with Crippen molar-refractivity contribution in [2.45, 2.75) is 50.5 Å². The Labute approximate surface area is 173 Å². The van der Waals surface area contributed by atoms with Crippen molar-refractivity contribution in [3.05, 3.63) is 44.9 Å². The van der Waals surface area contributed by atoms with Gasteiger partial charge in [-0.15, -0.1) is 22.7 Å². The van der Waals surface area contributed by atoms with E-state index in [1.54, 1.807) is 13.8 Å². The lowest BCUT2D eigenvalue weighted by Gasteiger charge is -2.05. The third-order valence-electron chi connectivity index (χ3n) is 4.48. The number of esters is 1. The molecule has 0 bridgehead atoms. The van der Waals surface area contributed by atoms with Gasteiger partial charge in [0.25, 0.3) is 0 Å². The molecule has 8 heteroatoms. The normalized spacial score (nSPS) is 12.1. The number of rotatable bonds is 6. The van der Waals surface area contributed by atoms with Crippen LogP contribution in [0.4, 0.5) is 0 Å². The van der Waals surface area contributed by atoms with Crippen molar-refractivity contribution in [3.8, 4) is 0 Å². The van der Waals surface area contributed by atoms with Gasteiger partial charge in [0.15, 0.2) is 9.84 Å². The molecule has 0 fully saturated rings. The number of thiazole rings is 1. The van der Waals surface area contributed by atoms with Crippen molar-refractivity contribution in [1.29, 1.82) is 0 Å². The van der Waals surface area contributed by atoms with Crippen LogP contribution in [-0.4, -0.2) is 26.0 Å².